The smallest absolute Gasteiger partial charge is 0.407 e. The molecule has 4 atom stereocenters. The Morgan fingerprint density at radius 3 is 2.29 bits per heavy atom. The van der Waals surface area contributed by atoms with Gasteiger partial charge in [0.25, 0.3) is 0 Å². The van der Waals surface area contributed by atoms with Crippen LogP contribution in [-0.4, -0.2) is 78.4 Å². The van der Waals surface area contributed by atoms with E-state index in [1.807, 2.05) is 52.9 Å². The fraction of sp³-hybridized carbons (Fsp3) is 0.439. The number of nitrogens with one attached hydrogen (secondary N) is 4. The van der Waals surface area contributed by atoms with Crippen LogP contribution in [0.25, 0.3) is 0 Å². The summed E-state index contributed by atoms with van der Waals surface area (Å²) in [5.41, 5.74) is 1.38. The Bertz CT molecular complexity index is 1920. The predicted molar refractivity (Wildman–Crippen MR) is 231 cm³/mol. The van der Waals surface area contributed by atoms with Gasteiger partial charge in [0.05, 0.1) is 32.3 Å². The second-order valence-corrected chi connectivity index (χ2v) is 17.6. The van der Waals surface area contributed by atoms with Crippen LogP contribution >= 0.6 is 54.5 Å². The molecule has 0 saturated carbocycles. The molecule has 5 rings (SSSR count). The van der Waals surface area contributed by atoms with Crippen LogP contribution in [0.15, 0.2) is 63.5 Å². The number of rotatable bonds is 12. The van der Waals surface area contributed by atoms with Gasteiger partial charge in [-0.25, -0.2) is 9.59 Å². The van der Waals surface area contributed by atoms with Gasteiger partial charge in [0.1, 0.15) is 23.7 Å². The molecule has 2 heterocycles. The summed E-state index contributed by atoms with van der Waals surface area (Å²) < 4.78 is 24.0. The van der Waals surface area contributed by atoms with E-state index in [1.54, 1.807) is 52.0 Å². The van der Waals surface area contributed by atoms with Crippen LogP contribution in [0.1, 0.15) is 70.1 Å². The normalized spacial score (nSPS) is 17.8. The molecule has 0 spiro atoms. The quantitative estimate of drug-likeness (QED) is 0.0739. The molecule has 5 N–H and O–H groups in total. The van der Waals surface area contributed by atoms with Crippen LogP contribution in [0.3, 0.4) is 0 Å². The number of hydrogen-bond donors (Lipinski definition) is 5. The number of hydrogen-bond acceptors (Lipinski definition) is 10. The number of carbonyl (C=O) groups is 5. The topological polar surface area (TPSA) is 191 Å². The Labute approximate surface area is 368 Å². The number of halogens is 3. The van der Waals surface area contributed by atoms with Gasteiger partial charge in [-0.3, -0.25) is 14.4 Å². The van der Waals surface area contributed by atoms with Gasteiger partial charge in [-0.1, -0.05) is 36.8 Å². The summed E-state index contributed by atoms with van der Waals surface area (Å²) in [6.45, 7) is 7.46. The molecule has 314 valence electrons. The highest BCUT2D eigenvalue weighted by Gasteiger charge is 2.35. The lowest BCUT2D eigenvalue weighted by atomic mass is 10.0. The largest absolute Gasteiger partial charge is 0.504 e. The molecule has 4 bridgehead atoms. The van der Waals surface area contributed by atoms with Crippen molar-refractivity contribution in [2.75, 3.05) is 13.7 Å². The van der Waals surface area contributed by atoms with Crippen molar-refractivity contribution >= 4 is 84.2 Å². The minimum atomic E-state index is -1.32. The van der Waals surface area contributed by atoms with Gasteiger partial charge in [-0.05, 0) is 136 Å². The average molecular weight is 1040 g/mol. The van der Waals surface area contributed by atoms with E-state index in [4.69, 9.17) is 18.9 Å². The number of alkyl carbamates (subject to hydrolysis) is 1. The third kappa shape index (κ3) is 14.4. The van der Waals surface area contributed by atoms with Gasteiger partial charge in [-0.15, -0.1) is 0 Å². The number of ether oxygens (including phenoxy) is 4. The zero-order chi connectivity index (χ0) is 42.6. The molecule has 0 unspecified atom stereocenters. The van der Waals surface area contributed by atoms with Crippen LogP contribution < -0.4 is 26.0 Å². The molecule has 0 fully saturated rings. The van der Waals surface area contributed by atoms with E-state index < -0.39 is 59.6 Å². The second kappa shape index (κ2) is 21.9. The Morgan fingerprint density at radius 1 is 0.966 bits per heavy atom. The number of phenolic OH excluding ortho intramolecular Hbond substituents is 1. The van der Waals surface area contributed by atoms with E-state index >= 15 is 0 Å². The molecule has 3 aromatic rings. The van der Waals surface area contributed by atoms with Gasteiger partial charge in [0.15, 0.2) is 17.2 Å². The number of methoxy groups -OCH3 is 1. The minimum Gasteiger partial charge on any atom is -0.504 e. The van der Waals surface area contributed by atoms with Crippen molar-refractivity contribution in [3.63, 3.8) is 0 Å². The van der Waals surface area contributed by atoms with Crippen LogP contribution in [0.2, 0.25) is 0 Å². The number of aromatic hydroxyl groups is 1. The lowest BCUT2D eigenvalue weighted by Crippen LogP contribution is -2.60. The molecule has 2 aliphatic heterocycles. The van der Waals surface area contributed by atoms with Crippen LogP contribution in [0, 0.1) is 3.57 Å². The third-order valence-corrected chi connectivity index (χ3v) is 10.8. The number of carbonyl (C=O) groups excluding carboxylic acids is 5. The van der Waals surface area contributed by atoms with Crippen molar-refractivity contribution in [1.82, 2.24) is 21.3 Å². The molecule has 4 amide bonds. The minimum absolute atomic E-state index is 0.00416. The number of amides is 4. The number of esters is 1. The van der Waals surface area contributed by atoms with Gasteiger partial charge in [0.2, 0.25) is 17.7 Å². The third-order valence-electron chi connectivity index (χ3n) is 8.85. The predicted octanol–water partition coefficient (Wildman–Crippen LogP) is 6.73. The van der Waals surface area contributed by atoms with Gasteiger partial charge >= 0.3 is 12.1 Å². The Balaban J connectivity index is 1.65. The van der Waals surface area contributed by atoms with E-state index in [9.17, 15) is 29.1 Å². The first-order valence-electron chi connectivity index (χ1n) is 18.7. The molecule has 0 aliphatic carbocycles. The molecule has 0 saturated heterocycles. The number of benzene rings is 3. The van der Waals surface area contributed by atoms with Gasteiger partial charge in [-0.2, -0.15) is 0 Å². The first kappa shape index (κ1) is 46.7. The Kier molecular flexibility index (Phi) is 17.6. The average Bonchev–Trinajstić information content (AvgIpc) is 3.15. The van der Waals surface area contributed by atoms with Crippen molar-refractivity contribution in [2.45, 2.75) is 103 Å². The van der Waals surface area contributed by atoms with E-state index in [0.29, 0.717) is 55.2 Å². The zero-order valence-corrected chi connectivity index (χ0v) is 38.2. The Morgan fingerprint density at radius 2 is 1.64 bits per heavy atom. The van der Waals surface area contributed by atoms with Gasteiger partial charge < -0.3 is 45.3 Å². The van der Waals surface area contributed by atoms with Crippen LogP contribution in [0.4, 0.5) is 4.79 Å². The molecular formula is C41H49Br2IN4O10. The maximum atomic E-state index is 14.3. The maximum Gasteiger partial charge on any atom is 0.407 e. The molecular weight excluding hydrogens is 995 g/mol. The standard InChI is InChI=1S/C41H49Br2IN4O10/c1-23(56-22-24-12-8-6-9-13-24)34-38(52)47-31(39(53)55-5)20-25-16-27(42)36(28(43)17-25)57-32-21-26(18-29(44)35(32)50)19-30(37(51)48-34)46-33(49)14-10-7-11-15-45-40(54)58-41(2,3)4/h6,8-9,12-13,16-18,21,23,30-31,34,50H,7,10-11,14-15,19-20,22H2,1-5H3,(H,45,54)(H,46,49)(H,47,52)(H,48,51)/t23-,30+,31+,34+/m1/s1. The maximum absolute atomic E-state index is 14.3. The molecule has 58 heavy (non-hydrogen) atoms. The fourth-order valence-electron chi connectivity index (χ4n) is 5.94. The highest BCUT2D eigenvalue weighted by Crippen LogP contribution is 2.42. The van der Waals surface area contributed by atoms with E-state index in [-0.39, 0.29) is 37.4 Å². The molecule has 0 radical (unpaired) electrons. The van der Waals surface area contributed by atoms with E-state index in [2.05, 4.69) is 53.1 Å². The van der Waals surface area contributed by atoms with Crippen molar-refractivity contribution < 1.29 is 48.0 Å². The number of phenols is 1. The summed E-state index contributed by atoms with van der Waals surface area (Å²) in [4.78, 5) is 66.9. The van der Waals surface area contributed by atoms with Crippen LogP contribution in [-0.2, 0) is 52.8 Å². The monoisotopic (exact) mass is 1040 g/mol. The van der Waals surface area contributed by atoms with Gasteiger partial charge in [0, 0.05) is 25.8 Å². The SMILES string of the molecule is COC(=O)[C@@H]1Cc2cc(Br)c(c(Br)c2)Oc2cc(cc(I)c2O)C[C@H](NC(=O)CCCCCNC(=O)OC(C)(C)C)C(=O)N[C@@H]([C@@H](C)OCc2ccccc2)C(=O)N1. The highest BCUT2D eigenvalue weighted by molar-refractivity contribution is 14.1. The molecule has 14 nitrogen and oxygen atoms in total. The summed E-state index contributed by atoms with van der Waals surface area (Å²) in [6, 6.07) is 12.3. The van der Waals surface area contributed by atoms with Crippen molar-refractivity contribution in [2.24, 2.45) is 0 Å². The molecule has 2 aliphatic rings. The Hall–Kier alpha value is -3.94. The fourth-order valence-corrected chi connectivity index (χ4v) is 8.05. The van der Waals surface area contributed by atoms with Crippen molar-refractivity contribution in [3.8, 4) is 17.2 Å². The van der Waals surface area contributed by atoms with Crippen molar-refractivity contribution in [3.05, 3.63) is 83.8 Å². The summed E-state index contributed by atoms with van der Waals surface area (Å²) in [5, 5.41) is 22.1. The molecule has 3 aromatic carbocycles. The summed E-state index contributed by atoms with van der Waals surface area (Å²) in [7, 11) is 1.21. The molecule has 0 aromatic heterocycles. The first-order chi connectivity index (χ1) is 27.4. The summed E-state index contributed by atoms with van der Waals surface area (Å²) in [5.74, 6) is -2.25. The van der Waals surface area contributed by atoms with Crippen molar-refractivity contribution in [1.29, 1.82) is 0 Å². The lowest BCUT2D eigenvalue weighted by molar-refractivity contribution is -0.146. The zero-order valence-electron chi connectivity index (χ0n) is 32.9. The lowest BCUT2D eigenvalue weighted by Gasteiger charge is -2.28. The second-order valence-electron chi connectivity index (χ2n) is 14.8. The molecule has 17 heteroatoms. The van der Waals surface area contributed by atoms with E-state index in [0.717, 1.165) is 5.56 Å². The first-order valence-corrected chi connectivity index (χ1v) is 21.4. The number of unbranched alkanes of at least 4 members (excludes halogenated alkanes) is 2. The van der Waals surface area contributed by atoms with Crippen LogP contribution in [0.5, 0.6) is 17.2 Å². The summed E-state index contributed by atoms with van der Waals surface area (Å²) >= 11 is 9.04. The van der Waals surface area contributed by atoms with E-state index in [1.165, 1.54) is 7.11 Å². The summed E-state index contributed by atoms with van der Waals surface area (Å²) in [6.07, 6.45) is 0.290. The number of fused-ring (bicyclic) bond motifs is 10. The highest BCUT2D eigenvalue weighted by atomic mass is 127.